The lowest BCUT2D eigenvalue weighted by Gasteiger charge is -2.33. The summed E-state index contributed by atoms with van der Waals surface area (Å²) >= 11 is 0. The Kier molecular flexibility index (Phi) is 7.54. The third-order valence-electron chi connectivity index (χ3n) is 5.32. The van der Waals surface area contributed by atoms with Gasteiger partial charge in [-0.25, -0.2) is 4.39 Å². The second kappa shape index (κ2) is 10.3. The van der Waals surface area contributed by atoms with E-state index >= 15 is 0 Å². The Morgan fingerprint density at radius 3 is 2.17 bits per heavy atom. The SMILES string of the molecule is O=C(CCc1ccc(F)cc1)Nc1ccc(CCC(=O)N2CC[C@H](O)[C@H](O)C2)cc1. The van der Waals surface area contributed by atoms with E-state index < -0.39 is 12.2 Å². The molecule has 1 saturated heterocycles. The van der Waals surface area contributed by atoms with Crippen LogP contribution in [0.15, 0.2) is 48.5 Å². The fourth-order valence-corrected chi connectivity index (χ4v) is 3.44. The Bertz CT molecular complexity index is 855. The fourth-order valence-electron chi connectivity index (χ4n) is 3.44. The van der Waals surface area contributed by atoms with Crippen LogP contribution in [0, 0.1) is 5.82 Å². The number of aliphatic hydroxyl groups is 2. The fraction of sp³-hybridized carbons (Fsp3) is 0.391. The molecule has 3 rings (SSSR count). The highest BCUT2D eigenvalue weighted by Crippen LogP contribution is 2.15. The van der Waals surface area contributed by atoms with E-state index in [9.17, 15) is 24.2 Å². The number of amides is 2. The smallest absolute Gasteiger partial charge is 0.224 e. The summed E-state index contributed by atoms with van der Waals surface area (Å²) in [5, 5.41) is 22.1. The van der Waals surface area contributed by atoms with Gasteiger partial charge in [-0.3, -0.25) is 9.59 Å². The van der Waals surface area contributed by atoms with Crippen LogP contribution >= 0.6 is 0 Å². The van der Waals surface area contributed by atoms with Crippen LogP contribution in [-0.2, 0) is 22.4 Å². The van der Waals surface area contributed by atoms with Gasteiger partial charge in [-0.15, -0.1) is 0 Å². The van der Waals surface area contributed by atoms with Crippen molar-refractivity contribution in [2.45, 2.75) is 44.3 Å². The van der Waals surface area contributed by atoms with Crippen molar-refractivity contribution in [1.82, 2.24) is 4.90 Å². The van der Waals surface area contributed by atoms with Crippen LogP contribution in [0.25, 0.3) is 0 Å². The monoisotopic (exact) mass is 414 g/mol. The summed E-state index contributed by atoms with van der Waals surface area (Å²) in [5.41, 5.74) is 2.56. The van der Waals surface area contributed by atoms with Gasteiger partial charge in [0.05, 0.1) is 12.2 Å². The van der Waals surface area contributed by atoms with Crippen molar-refractivity contribution in [3.05, 3.63) is 65.5 Å². The minimum absolute atomic E-state index is 0.0425. The van der Waals surface area contributed by atoms with Crippen molar-refractivity contribution in [3.8, 4) is 0 Å². The molecule has 0 aliphatic carbocycles. The lowest BCUT2D eigenvalue weighted by Crippen LogP contribution is -2.49. The molecule has 2 aromatic carbocycles. The number of carbonyl (C=O) groups excluding carboxylic acids is 2. The zero-order valence-corrected chi connectivity index (χ0v) is 16.8. The van der Waals surface area contributed by atoms with E-state index in [1.807, 2.05) is 12.1 Å². The van der Waals surface area contributed by atoms with Crippen molar-refractivity contribution >= 4 is 17.5 Å². The number of benzene rings is 2. The van der Waals surface area contributed by atoms with E-state index in [4.69, 9.17) is 0 Å². The highest BCUT2D eigenvalue weighted by Gasteiger charge is 2.28. The van der Waals surface area contributed by atoms with E-state index in [0.29, 0.717) is 44.3 Å². The first kappa shape index (κ1) is 21.9. The molecule has 0 saturated carbocycles. The number of aliphatic hydroxyl groups excluding tert-OH is 2. The number of piperidine rings is 1. The number of hydrogen-bond donors (Lipinski definition) is 3. The number of rotatable bonds is 7. The van der Waals surface area contributed by atoms with Crippen molar-refractivity contribution in [2.24, 2.45) is 0 Å². The molecule has 6 nitrogen and oxygen atoms in total. The van der Waals surface area contributed by atoms with Crippen LogP contribution in [-0.4, -0.2) is 52.2 Å². The lowest BCUT2D eigenvalue weighted by atomic mass is 10.0. The van der Waals surface area contributed by atoms with Gasteiger partial charge in [-0.05, 0) is 54.7 Å². The van der Waals surface area contributed by atoms with Crippen LogP contribution < -0.4 is 5.32 Å². The van der Waals surface area contributed by atoms with Crippen LogP contribution in [0.3, 0.4) is 0 Å². The van der Waals surface area contributed by atoms with Crippen LogP contribution in [0.1, 0.15) is 30.4 Å². The van der Waals surface area contributed by atoms with Gasteiger partial charge in [0.1, 0.15) is 5.82 Å². The first-order chi connectivity index (χ1) is 14.4. The van der Waals surface area contributed by atoms with Crippen LogP contribution in [0.2, 0.25) is 0 Å². The molecule has 0 unspecified atom stereocenters. The molecule has 0 bridgehead atoms. The molecule has 2 aromatic rings. The van der Waals surface area contributed by atoms with Gasteiger partial charge >= 0.3 is 0 Å². The van der Waals surface area contributed by atoms with Crippen molar-refractivity contribution in [2.75, 3.05) is 18.4 Å². The molecule has 0 spiro atoms. The largest absolute Gasteiger partial charge is 0.390 e. The second-order valence-electron chi connectivity index (χ2n) is 7.63. The summed E-state index contributed by atoms with van der Waals surface area (Å²) in [5.74, 6) is -0.454. The van der Waals surface area contributed by atoms with E-state index in [2.05, 4.69) is 5.32 Å². The van der Waals surface area contributed by atoms with Gasteiger partial charge in [0.25, 0.3) is 0 Å². The number of nitrogens with one attached hydrogen (secondary N) is 1. The summed E-state index contributed by atoms with van der Waals surface area (Å²) < 4.78 is 12.9. The van der Waals surface area contributed by atoms with Crippen LogP contribution in [0.4, 0.5) is 10.1 Å². The van der Waals surface area contributed by atoms with Crippen molar-refractivity contribution in [1.29, 1.82) is 0 Å². The molecule has 0 aromatic heterocycles. The summed E-state index contributed by atoms with van der Waals surface area (Å²) in [6, 6.07) is 13.5. The summed E-state index contributed by atoms with van der Waals surface area (Å²) in [6.07, 6.45) is 0.481. The van der Waals surface area contributed by atoms with Gasteiger partial charge in [0.2, 0.25) is 11.8 Å². The predicted octanol–water partition coefficient (Wildman–Crippen LogP) is 2.28. The van der Waals surface area contributed by atoms with Crippen molar-refractivity contribution < 1.29 is 24.2 Å². The molecule has 3 N–H and O–H groups in total. The van der Waals surface area contributed by atoms with Gasteiger partial charge in [-0.1, -0.05) is 24.3 Å². The average Bonchev–Trinajstić information content (AvgIpc) is 2.74. The molecular weight excluding hydrogens is 387 g/mol. The number of likely N-dealkylation sites (tertiary alicyclic amines) is 1. The number of hydrogen-bond acceptors (Lipinski definition) is 4. The number of β-amino-alcohol motifs (C(OH)–C–C–N with tert-alkyl or cyclic N) is 1. The van der Waals surface area contributed by atoms with Gasteiger partial charge < -0.3 is 20.4 Å². The molecule has 1 aliphatic heterocycles. The number of carbonyl (C=O) groups is 2. The standard InChI is InChI=1S/C23H27FN2O4/c24-18-7-1-16(2-8-18)5-11-22(29)25-19-9-3-17(4-10-19)6-12-23(30)26-14-13-20(27)21(28)15-26/h1-4,7-10,20-21,27-28H,5-6,11-15H2,(H,25,29)/t20-,21+/m0/s1. The first-order valence-electron chi connectivity index (χ1n) is 10.2. The molecule has 1 fully saturated rings. The normalized spacial score (nSPS) is 18.8. The van der Waals surface area contributed by atoms with Crippen molar-refractivity contribution in [3.63, 3.8) is 0 Å². The Morgan fingerprint density at radius 1 is 0.933 bits per heavy atom. The molecule has 2 atom stereocenters. The molecule has 1 heterocycles. The molecule has 0 radical (unpaired) electrons. The Balaban J connectivity index is 1.41. The zero-order valence-electron chi connectivity index (χ0n) is 16.8. The Morgan fingerprint density at radius 2 is 1.53 bits per heavy atom. The highest BCUT2D eigenvalue weighted by molar-refractivity contribution is 5.90. The number of halogens is 1. The third-order valence-corrected chi connectivity index (χ3v) is 5.32. The third kappa shape index (κ3) is 6.37. The number of nitrogens with zero attached hydrogens (tertiary/aromatic N) is 1. The van der Waals surface area contributed by atoms with Gasteiger partial charge in [0, 0.05) is 31.6 Å². The second-order valence-corrected chi connectivity index (χ2v) is 7.63. The molecular formula is C23H27FN2O4. The van der Waals surface area contributed by atoms with Crippen LogP contribution in [0.5, 0.6) is 0 Å². The molecule has 30 heavy (non-hydrogen) atoms. The molecule has 7 heteroatoms. The maximum absolute atomic E-state index is 12.9. The predicted molar refractivity (Wildman–Crippen MR) is 111 cm³/mol. The van der Waals surface area contributed by atoms with E-state index in [1.54, 1.807) is 29.2 Å². The summed E-state index contributed by atoms with van der Waals surface area (Å²) in [6.45, 7) is 0.628. The minimum atomic E-state index is -0.881. The highest BCUT2D eigenvalue weighted by atomic mass is 19.1. The Labute approximate surface area is 175 Å². The minimum Gasteiger partial charge on any atom is -0.390 e. The topological polar surface area (TPSA) is 89.9 Å². The van der Waals surface area contributed by atoms with E-state index in [1.165, 1.54) is 12.1 Å². The Hall–Kier alpha value is -2.77. The maximum atomic E-state index is 12.9. The average molecular weight is 414 g/mol. The summed E-state index contributed by atoms with van der Waals surface area (Å²) in [4.78, 5) is 26.0. The van der Waals surface area contributed by atoms with E-state index in [-0.39, 0.29) is 24.2 Å². The van der Waals surface area contributed by atoms with E-state index in [0.717, 1.165) is 11.1 Å². The molecule has 1 aliphatic rings. The lowest BCUT2D eigenvalue weighted by molar-refractivity contribution is -0.137. The van der Waals surface area contributed by atoms with Gasteiger partial charge in [0.15, 0.2) is 0 Å². The quantitative estimate of drug-likeness (QED) is 0.649. The number of aryl methyl sites for hydroxylation is 2. The summed E-state index contributed by atoms with van der Waals surface area (Å²) in [7, 11) is 0. The first-order valence-corrected chi connectivity index (χ1v) is 10.2. The van der Waals surface area contributed by atoms with Gasteiger partial charge in [-0.2, -0.15) is 0 Å². The number of anilines is 1. The zero-order chi connectivity index (χ0) is 21.5. The maximum Gasteiger partial charge on any atom is 0.224 e. The molecule has 160 valence electrons. The molecule has 2 amide bonds.